The highest BCUT2D eigenvalue weighted by molar-refractivity contribution is 5.18. The molecule has 0 amide bonds. The smallest absolute Gasteiger partial charge is 0.0587 e. The minimum atomic E-state index is 0.627. The molecule has 0 saturated heterocycles. The lowest BCUT2D eigenvalue weighted by atomic mass is 10.1. The van der Waals surface area contributed by atoms with Crippen molar-refractivity contribution in [2.75, 3.05) is 20.3 Å². The van der Waals surface area contributed by atoms with Crippen LogP contribution < -0.4 is 5.32 Å². The summed E-state index contributed by atoms with van der Waals surface area (Å²) in [5.74, 6) is 0. The second kappa shape index (κ2) is 9.21. The first kappa shape index (κ1) is 16.5. The zero-order valence-corrected chi connectivity index (χ0v) is 13.7. The van der Waals surface area contributed by atoms with E-state index < -0.39 is 0 Å². The zero-order chi connectivity index (χ0) is 14.9. The van der Waals surface area contributed by atoms with E-state index in [0.29, 0.717) is 6.04 Å². The van der Waals surface area contributed by atoms with E-state index in [-0.39, 0.29) is 0 Å². The Morgan fingerprint density at radius 3 is 2.71 bits per heavy atom. The minimum Gasteiger partial charge on any atom is -0.383 e. The number of methoxy groups -OCH3 is 1. The molecule has 4 nitrogen and oxygen atoms in total. The van der Waals surface area contributed by atoms with Crippen LogP contribution >= 0.6 is 0 Å². The molecule has 1 aliphatic rings. The molecule has 0 radical (unpaired) electrons. The number of nitrogens with zero attached hydrogens (tertiary/aromatic N) is 2. The fourth-order valence-electron chi connectivity index (χ4n) is 3.30. The molecular weight excluding hydrogens is 262 g/mol. The van der Waals surface area contributed by atoms with Gasteiger partial charge in [0.05, 0.1) is 18.8 Å². The molecule has 2 rings (SSSR count). The van der Waals surface area contributed by atoms with Crippen LogP contribution in [-0.2, 0) is 17.7 Å². The number of aromatic nitrogens is 2. The maximum atomic E-state index is 5.09. The van der Waals surface area contributed by atoms with Crippen LogP contribution in [0.1, 0.15) is 69.2 Å². The maximum absolute atomic E-state index is 5.09. The molecular formula is C17H31N3O. The first-order valence-corrected chi connectivity index (χ1v) is 8.61. The average molecular weight is 293 g/mol. The Balaban J connectivity index is 2.03. The van der Waals surface area contributed by atoms with Crippen LogP contribution in [0, 0.1) is 0 Å². The van der Waals surface area contributed by atoms with Crippen molar-refractivity contribution < 1.29 is 4.74 Å². The zero-order valence-electron chi connectivity index (χ0n) is 13.7. The highest BCUT2D eigenvalue weighted by Crippen LogP contribution is 2.29. The van der Waals surface area contributed by atoms with Crippen LogP contribution in [-0.4, -0.2) is 30.0 Å². The molecule has 1 heterocycles. The Labute approximate surface area is 129 Å². The lowest BCUT2D eigenvalue weighted by molar-refractivity contribution is 0.199. The predicted molar refractivity (Wildman–Crippen MR) is 86.5 cm³/mol. The maximum Gasteiger partial charge on any atom is 0.0587 e. The third-order valence-corrected chi connectivity index (χ3v) is 4.44. The van der Waals surface area contributed by atoms with Gasteiger partial charge in [-0.05, 0) is 19.3 Å². The van der Waals surface area contributed by atoms with Crippen LogP contribution in [0.25, 0.3) is 0 Å². The van der Waals surface area contributed by atoms with Gasteiger partial charge in [0.1, 0.15) is 0 Å². The van der Waals surface area contributed by atoms with Gasteiger partial charge < -0.3 is 10.1 Å². The van der Waals surface area contributed by atoms with Crippen LogP contribution in [0.4, 0.5) is 0 Å². The number of hydrogen-bond acceptors (Lipinski definition) is 3. The summed E-state index contributed by atoms with van der Waals surface area (Å²) < 4.78 is 7.44. The Kier molecular flexibility index (Phi) is 7.24. The van der Waals surface area contributed by atoms with Gasteiger partial charge in [-0.1, -0.05) is 39.0 Å². The molecule has 1 aliphatic carbocycles. The highest BCUT2D eigenvalue weighted by Gasteiger charge is 2.19. The van der Waals surface area contributed by atoms with E-state index in [9.17, 15) is 0 Å². The molecule has 21 heavy (non-hydrogen) atoms. The Hall–Kier alpha value is -0.870. The molecule has 0 bridgehead atoms. The van der Waals surface area contributed by atoms with E-state index in [1.54, 1.807) is 7.11 Å². The van der Waals surface area contributed by atoms with Gasteiger partial charge in [-0.25, -0.2) is 0 Å². The Morgan fingerprint density at radius 1 is 1.29 bits per heavy atom. The minimum absolute atomic E-state index is 0.627. The quantitative estimate of drug-likeness (QED) is 0.589. The summed E-state index contributed by atoms with van der Waals surface area (Å²) in [6.45, 7) is 4.83. The molecule has 1 fully saturated rings. The number of nitrogens with one attached hydrogen (secondary N) is 1. The second-order valence-electron chi connectivity index (χ2n) is 6.13. The van der Waals surface area contributed by atoms with Crippen molar-refractivity contribution in [1.82, 2.24) is 15.1 Å². The van der Waals surface area contributed by atoms with Gasteiger partial charge in [-0.3, -0.25) is 4.68 Å². The number of hydrogen-bond donors (Lipinski definition) is 1. The van der Waals surface area contributed by atoms with E-state index in [0.717, 1.165) is 26.1 Å². The average Bonchev–Trinajstić information content (AvgIpc) is 2.72. The SMILES string of the molecule is CCCc1c(CNCCOC)cnn1C1CCCCCC1. The molecule has 1 saturated carbocycles. The molecule has 0 aromatic carbocycles. The van der Waals surface area contributed by atoms with Crippen molar-refractivity contribution in [2.45, 2.75) is 70.9 Å². The van der Waals surface area contributed by atoms with E-state index in [1.165, 1.54) is 56.2 Å². The molecule has 0 aliphatic heterocycles. The summed E-state index contributed by atoms with van der Waals surface area (Å²) in [4.78, 5) is 0. The Morgan fingerprint density at radius 2 is 2.05 bits per heavy atom. The molecule has 0 spiro atoms. The van der Waals surface area contributed by atoms with Crippen molar-refractivity contribution in [1.29, 1.82) is 0 Å². The molecule has 0 unspecified atom stereocenters. The van der Waals surface area contributed by atoms with Crippen molar-refractivity contribution in [3.63, 3.8) is 0 Å². The molecule has 0 atom stereocenters. The van der Waals surface area contributed by atoms with E-state index in [4.69, 9.17) is 9.84 Å². The van der Waals surface area contributed by atoms with Crippen LogP contribution in [0.2, 0.25) is 0 Å². The molecule has 1 N–H and O–H groups in total. The summed E-state index contributed by atoms with van der Waals surface area (Å²) in [6, 6.07) is 0.627. The van der Waals surface area contributed by atoms with Crippen molar-refractivity contribution in [3.05, 3.63) is 17.5 Å². The molecule has 1 aromatic rings. The number of rotatable bonds is 8. The van der Waals surface area contributed by atoms with Crippen LogP contribution in [0.3, 0.4) is 0 Å². The Bertz CT molecular complexity index is 395. The summed E-state index contributed by atoms with van der Waals surface area (Å²) >= 11 is 0. The normalized spacial score (nSPS) is 17.0. The predicted octanol–water partition coefficient (Wildman–Crippen LogP) is 3.47. The number of ether oxygens (including phenoxy) is 1. The van der Waals surface area contributed by atoms with E-state index in [2.05, 4.69) is 23.1 Å². The van der Waals surface area contributed by atoms with Crippen molar-refractivity contribution in [2.24, 2.45) is 0 Å². The van der Waals surface area contributed by atoms with Crippen molar-refractivity contribution >= 4 is 0 Å². The lowest BCUT2D eigenvalue weighted by Gasteiger charge is -2.19. The third-order valence-electron chi connectivity index (χ3n) is 4.44. The molecule has 4 heteroatoms. The molecule has 1 aromatic heterocycles. The summed E-state index contributed by atoms with van der Waals surface area (Å²) in [5.41, 5.74) is 2.83. The third kappa shape index (κ3) is 4.82. The van der Waals surface area contributed by atoms with Gasteiger partial charge in [0.15, 0.2) is 0 Å². The second-order valence-corrected chi connectivity index (χ2v) is 6.13. The first-order valence-electron chi connectivity index (χ1n) is 8.61. The van der Waals surface area contributed by atoms with Gasteiger partial charge >= 0.3 is 0 Å². The van der Waals surface area contributed by atoms with E-state index >= 15 is 0 Å². The van der Waals surface area contributed by atoms with Gasteiger partial charge in [-0.2, -0.15) is 5.10 Å². The fraction of sp³-hybridized carbons (Fsp3) is 0.824. The van der Waals surface area contributed by atoms with Crippen LogP contribution in [0.15, 0.2) is 6.20 Å². The van der Waals surface area contributed by atoms with Gasteiger partial charge in [0.25, 0.3) is 0 Å². The van der Waals surface area contributed by atoms with E-state index in [1.807, 2.05) is 0 Å². The lowest BCUT2D eigenvalue weighted by Crippen LogP contribution is -2.20. The summed E-state index contributed by atoms with van der Waals surface area (Å²) in [6.07, 6.45) is 12.5. The standard InChI is InChI=1S/C17H31N3O/c1-3-8-17-15(13-18-11-12-21-2)14-19-20(17)16-9-6-4-5-7-10-16/h14,16,18H,3-13H2,1-2H3. The fourth-order valence-corrected chi connectivity index (χ4v) is 3.30. The highest BCUT2D eigenvalue weighted by atomic mass is 16.5. The molecule has 120 valence electrons. The first-order chi connectivity index (χ1) is 10.4. The van der Waals surface area contributed by atoms with Gasteiger partial charge in [0, 0.05) is 31.5 Å². The largest absolute Gasteiger partial charge is 0.383 e. The summed E-state index contributed by atoms with van der Waals surface area (Å²) in [5, 5.41) is 8.20. The summed E-state index contributed by atoms with van der Waals surface area (Å²) in [7, 11) is 1.74. The van der Waals surface area contributed by atoms with Gasteiger partial charge in [0.2, 0.25) is 0 Å². The van der Waals surface area contributed by atoms with Crippen molar-refractivity contribution in [3.8, 4) is 0 Å². The topological polar surface area (TPSA) is 39.1 Å². The van der Waals surface area contributed by atoms with Gasteiger partial charge in [-0.15, -0.1) is 0 Å². The van der Waals surface area contributed by atoms with Crippen LogP contribution in [0.5, 0.6) is 0 Å². The monoisotopic (exact) mass is 293 g/mol.